The highest BCUT2D eigenvalue weighted by atomic mass is 14.6. The highest BCUT2D eigenvalue weighted by Crippen LogP contribution is 2.13. The van der Waals surface area contributed by atoms with Crippen LogP contribution in [0.5, 0.6) is 0 Å². The molecular weight excluding hydrogens is 148 g/mol. The highest BCUT2D eigenvalue weighted by molar-refractivity contribution is 5.14. The Kier molecular flexibility index (Phi) is 3.48. The summed E-state index contributed by atoms with van der Waals surface area (Å²) in [7, 11) is 0. The fourth-order valence-corrected chi connectivity index (χ4v) is 1.07. The number of nitrogens with two attached hydrogens (primary N) is 1. The second-order valence-corrected chi connectivity index (χ2v) is 2.75. The van der Waals surface area contributed by atoms with Crippen LogP contribution in [0.3, 0.4) is 0 Å². The minimum absolute atomic E-state index is 0.117. The summed E-state index contributed by atoms with van der Waals surface area (Å²) in [6, 6.07) is 4.02. The van der Waals surface area contributed by atoms with E-state index >= 15 is 0 Å². The second kappa shape index (κ2) is 4.67. The Bertz CT molecular complexity index is 231. The summed E-state index contributed by atoms with van der Waals surface area (Å²) >= 11 is 0. The molecule has 0 saturated carbocycles. The van der Waals surface area contributed by atoms with Crippen molar-refractivity contribution in [1.29, 1.82) is 0 Å². The van der Waals surface area contributed by atoms with Crippen LogP contribution in [-0.2, 0) is 0 Å². The normalized spacial score (nSPS) is 12.4. The van der Waals surface area contributed by atoms with Crippen molar-refractivity contribution >= 4 is 0 Å². The predicted molar refractivity (Wildman–Crippen MR) is 50.6 cm³/mol. The molecule has 12 heavy (non-hydrogen) atoms. The number of hydrogen-bond acceptors (Lipinski definition) is 2. The topological polar surface area (TPSA) is 38.9 Å². The summed E-state index contributed by atoms with van der Waals surface area (Å²) in [6.07, 6.45) is 7.34. The first kappa shape index (κ1) is 8.94. The molecule has 0 aliphatic heterocycles. The van der Waals surface area contributed by atoms with Gasteiger partial charge in [0.1, 0.15) is 0 Å². The molecule has 0 saturated heterocycles. The lowest BCUT2D eigenvalue weighted by atomic mass is 10.0. The lowest BCUT2D eigenvalue weighted by molar-refractivity contribution is 0.660. The summed E-state index contributed by atoms with van der Waals surface area (Å²) in [5.74, 6) is 0. The first-order chi connectivity index (χ1) is 5.84. The van der Waals surface area contributed by atoms with Gasteiger partial charge in [-0.15, -0.1) is 6.58 Å². The van der Waals surface area contributed by atoms with Crippen LogP contribution in [0, 0.1) is 0 Å². The van der Waals surface area contributed by atoms with Crippen molar-refractivity contribution in [2.45, 2.75) is 18.9 Å². The molecule has 0 aliphatic carbocycles. The Hall–Kier alpha value is -1.15. The summed E-state index contributed by atoms with van der Waals surface area (Å²) in [5, 5.41) is 0. The number of allylic oxidation sites excluding steroid dienone is 1. The maximum absolute atomic E-state index is 5.91. The fraction of sp³-hybridized carbons (Fsp3) is 0.300. The molecule has 0 spiro atoms. The molecule has 0 aromatic carbocycles. The molecule has 1 heterocycles. The van der Waals surface area contributed by atoms with Gasteiger partial charge in [-0.3, -0.25) is 4.98 Å². The van der Waals surface area contributed by atoms with E-state index in [2.05, 4.69) is 11.6 Å². The molecule has 2 nitrogen and oxygen atoms in total. The van der Waals surface area contributed by atoms with Crippen LogP contribution in [0.2, 0.25) is 0 Å². The highest BCUT2D eigenvalue weighted by Gasteiger charge is 2.02. The van der Waals surface area contributed by atoms with Crippen LogP contribution in [0.1, 0.15) is 24.4 Å². The van der Waals surface area contributed by atoms with Crippen LogP contribution < -0.4 is 5.73 Å². The van der Waals surface area contributed by atoms with Gasteiger partial charge < -0.3 is 5.73 Å². The van der Waals surface area contributed by atoms with E-state index in [9.17, 15) is 0 Å². The third-order valence-electron chi connectivity index (χ3n) is 1.82. The molecule has 1 unspecified atom stereocenters. The molecule has 0 bridgehead atoms. The van der Waals surface area contributed by atoms with Gasteiger partial charge in [0.2, 0.25) is 0 Å². The third-order valence-corrected chi connectivity index (χ3v) is 1.82. The maximum atomic E-state index is 5.91. The van der Waals surface area contributed by atoms with E-state index in [0.717, 1.165) is 18.4 Å². The number of pyridine rings is 1. The molecule has 1 atom stereocenters. The lowest BCUT2D eigenvalue weighted by Gasteiger charge is -2.09. The number of aromatic nitrogens is 1. The standard InChI is InChI=1S/C10H14N2/c1-2-3-4-10(11)9-5-7-12-8-6-9/h2,5-8,10H,1,3-4,11H2. The molecule has 1 rings (SSSR count). The van der Waals surface area contributed by atoms with Crippen molar-refractivity contribution in [2.24, 2.45) is 5.73 Å². The van der Waals surface area contributed by atoms with Crippen molar-refractivity contribution in [3.63, 3.8) is 0 Å². The van der Waals surface area contributed by atoms with Crippen molar-refractivity contribution in [3.05, 3.63) is 42.7 Å². The minimum Gasteiger partial charge on any atom is -0.324 e. The van der Waals surface area contributed by atoms with Gasteiger partial charge in [-0.25, -0.2) is 0 Å². The van der Waals surface area contributed by atoms with Crippen molar-refractivity contribution in [2.75, 3.05) is 0 Å². The molecule has 2 heteroatoms. The van der Waals surface area contributed by atoms with Gasteiger partial charge in [0.15, 0.2) is 0 Å². The van der Waals surface area contributed by atoms with E-state index in [1.165, 1.54) is 0 Å². The molecule has 1 aromatic rings. The van der Waals surface area contributed by atoms with Crippen LogP contribution in [0.4, 0.5) is 0 Å². The molecule has 0 fully saturated rings. The monoisotopic (exact) mass is 162 g/mol. The zero-order chi connectivity index (χ0) is 8.81. The Morgan fingerprint density at radius 3 is 2.75 bits per heavy atom. The van der Waals surface area contributed by atoms with Gasteiger partial charge in [0, 0.05) is 18.4 Å². The first-order valence-electron chi connectivity index (χ1n) is 4.11. The van der Waals surface area contributed by atoms with Crippen LogP contribution >= 0.6 is 0 Å². The number of hydrogen-bond donors (Lipinski definition) is 1. The summed E-state index contributed by atoms with van der Waals surface area (Å²) in [4.78, 5) is 3.93. The lowest BCUT2D eigenvalue weighted by Crippen LogP contribution is -2.09. The molecule has 0 amide bonds. The van der Waals surface area contributed by atoms with Crippen LogP contribution in [0.15, 0.2) is 37.2 Å². The zero-order valence-corrected chi connectivity index (χ0v) is 7.11. The number of nitrogens with zero attached hydrogens (tertiary/aromatic N) is 1. The quantitative estimate of drug-likeness (QED) is 0.688. The molecule has 1 aromatic heterocycles. The van der Waals surface area contributed by atoms with E-state index in [4.69, 9.17) is 5.73 Å². The molecule has 64 valence electrons. The average molecular weight is 162 g/mol. The van der Waals surface area contributed by atoms with E-state index in [0.29, 0.717) is 0 Å². The predicted octanol–water partition coefficient (Wildman–Crippen LogP) is 2.05. The molecular formula is C10H14N2. The van der Waals surface area contributed by atoms with Crippen molar-refractivity contribution in [3.8, 4) is 0 Å². The summed E-state index contributed by atoms with van der Waals surface area (Å²) < 4.78 is 0. The summed E-state index contributed by atoms with van der Waals surface area (Å²) in [5.41, 5.74) is 7.05. The first-order valence-corrected chi connectivity index (χ1v) is 4.11. The van der Waals surface area contributed by atoms with Gasteiger partial charge in [-0.05, 0) is 30.5 Å². The average Bonchev–Trinajstić information content (AvgIpc) is 2.15. The maximum Gasteiger partial charge on any atom is 0.0298 e. The van der Waals surface area contributed by atoms with Gasteiger partial charge in [0.25, 0.3) is 0 Å². The molecule has 2 N–H and O–H groups in total. The number of rotatable bonds is 4. The Labute approximate surface area is 73.1 Å². The Balaban J connectivity index is 2.53. The largest absolute Gasteiger partial charge is 0.324 e. The van der Waals surface area contributed by atoms with Gasteiger partial charge in [-0.1, -0.05) is 6.08 Å². The second-order valence-electron chi connectivity index (χ2n) is 2.75. The molecule has 0 radical (unpaired) electrons. The van der Waals surface area contributed by atoms with Crippen molar-refractivity contribution in [1.82, 2.24) is 4.98 Å². The SMILES string of the molecule is C=CCCC(N)c1ccncc1. The zero-order valence-electron chi connectivity index (χ0n) is 7.11. The third kappa shape index (κ3) is 2.47. The summed E-state index contributed by atoms with van der Waals surface area (Å²) in [6.45, 7) is 3.66. The van der Waals surface area contributed by atoms with E-state index < -0.39 is 0 Å². The smallest absolute Gasteiger partial charge is 0.0298 e. The van der Waals surface area contributed by atoms with E-state index in [-0.39, 0.29) is 6.04 Å². The minimum atomic E-state index is 0.117. The fourth-order valence-electron chi connectivity index (χ4n) is 1.07. The molecule has 0 aliphatic rings. The van der Waals surface area contributed by atoms with E-state index in [1.807, 2.05) is 18.2 Å². The van der Waals surface area contributed by atoms with Crippen LogP contribution in [-0.4, -0.2) is 4.98 Å². The van der Waals surface area contributed by atoms with Gasteiger partial charge in [-0.2, -0.15) is 0 Å². The van der Waals surface area contributed by atoms with Gasteiger partial charge >= 0.3 is 0 Å². The Morgan fingerprint density at radius 1 is 1.50 bits per heavy atom. The van der Waals surface area contributed by atoms with E-state index in [1.54, 1.807) is 12.4 Å². The Morgan fingerprint density at radius 2 is 2.17 bits per heavy atom. The van der Waals surface area contributed by atoms with Crippen molar-refractivity contribution < 1.29 is 0 Å². The van der Waals surface area contributed by atoms with Crippen LogP contribution in [0.25, 0.3) is 0 Å². The van der Waals surface area contributed by atoms with Gasteiger partial charge in [0.05, 0.1) is 0 Å².